The molecule has 3 atom stereocenters. The molecule has 1 unspecified atom stereocenters. The highest BCUT2D eigenvalue weighted by molar-refractivity contribution is 6.01. The first-order chi connectivity index (χ1) is 16.6. The van der Waals surface area contributed by atoms with E-state index in [1.165, 1.54) is 6.20 Å². The lowest BCUT2D eigenvalue weighted by atomic mass is 10.1. The van der Waals surface area contributed by atoms with Crippen LogP contribution in [0.15, 0.2) is 36.8 Å². The molecule has 2 saturated heterocycles. The zero-order chi connectivity index (χ0) is 23.2. The number of nitrogens with zero attached hydrogens (tertiary/aromatic N) is 5. The van der Waals surface area contributed by atoms with Crippen molar-refractivity contribution in [1.29, 1.82) is 0 Å². The molecule has 11 heteroatoms. The molecule has 6 rings (SSSR count). The van der Waals surface area contributed by atoms with E-state index in [9.17, 15) is 9.90 Å². The van der Waals surface area contributed by atoms with Gasteiger partial charge in [-0.3, -0.25) is 4.79 Å². The van der Waals surface area contributed by atoms with Crippen molar-refractivity contribution in [2.75, 3.05) is 38.8 Å². The van der Waals surface area contributed by atoms with E-state index >= 15 is 0 Å². The number of fused-ring (bicyclic) bond motifs is 2. The third kappa shape index (κ3) is 3.40. The van der Waals surface area contributed by atoms with E-state index in [4.69, 9.17) is 14.5 Å². The smallest absolute Gasteiger partial charge is 0.257 e. The summed E-state index contributed by atoms with van der Waals surface area (Å²) in [6.45, 7) is 1.85. The third-order valence-electron chi connectivity index (χ3n) is 6.50. The molecule has 4 aromatic heterocycles. The number of aliphatic hydroxyl groups excluding tert-OH is 1. The number of nitrogens with one attached hydrogen (secondary N) is 2. The first kappa shape index (κ1) is 21.0. The molecule has 0 saturated carbocycles. The van der Waals surface area contributed by atoms with Crippen LogP contribution in [-0.4, -0.2) is 80.8 Å². The van der Waals surface area contributed by atoms with E-state index in [1.54, 1.807) is 17.8 Å². The Labute approximate surface area is 194 Å². The Morgan fingerprint density at radius 2 is 2.15 bits per heavy atom. The zero-order valence-electron chi connectivity index (χ0n) is 18.6. The van der Waals surface area contributed by atoms with Crippen LogP contribution in [0.3, 0.4) is 0 Å². The Kier molecular flexibility index (Phi) is 5.16. The van der Waals surface area contributed by atoms with Crippen LogP contribution in [0.4, 0.5) is 5.82 Å². The van der Waals surface area contributed by atoms with Gasteiger partial charge in [0.15, 0.2) is 5.65 Å². The predicted molar refractivity (Wildman–Crippen MR) is 124 cm³/mol. The number of aliphatic hydroxyl groups is 1. The fraction of sp³-hybridized carbons (Fsp3) is 0.391. The summed E-state index contributed by atoms with van der Waals surface area (Å²) in [6, 6.07) is 5.60. The average molecular weight is 463 g/mol. The minimum absolute atomic E-state index is 0.205. The van der Waals surface area contributed by atoms with Gasteiger partial charge in [0, 0.05) is 43.1 Å². The molecule has 34 heavy (non-hydrogen) atoms. The van der Waals surface area contributed by atoms with Crippen LogP contribution in [0.2, 0.25) is 0 Å². The normalized spacial score (nSPS) is 22.6. The molecule has 2 fully saturated rings. The van der Waals surface area contributed by atoms with E-state index < -0.39 is 12.1 Å². The van der Waals surface area contributed by atoms with Crippen LogP contribution >= 0.6 is 0 Å². The topological polar surface area (TPSA) is 128 Å². The van der Waals surface area contributed by atoms with Crippen molar-refractivity contribution >= 4 is 28.4 Å². The number of carbonyl (C=O) groups is 1. The largest absolute Gasteiger partial charge is 0.388 e. The highest BCUT2D eigenvalue weighted by Gasteiger charge is 2.29. The van der Waals surface area contributed by atoms with E-state index in [-0.39, 0.29) is 25.2 Å². The fourth-order valence-corrected chi connectivity index (χ4v) is 4.67. The van der Waals surface area contributed by atoms with Crippen molar-refractivity contribution < 1.29 is 19.4 Å². The lowest BCUT2D eigenvalue weighted by molar-refractivity contribution is 0.0888. The maximum absolute atomic E-state index is 13.0. The highest BCUT2D eigenvalue weighted by atomic mass is 16.5. The number of hydrogen-bond donors (Lipinski definition) is 3. The van der Waals surface area contributed by atoms with Crippen molar-refractivity contribution in [3.8, 4) is 11.3 Å². The van der Waals surface area contributed by atoms with Gasteiger partial charge in [0.1, 0.15) is 17.0 Å². The van der Waals surface area contributed by atoms with Gasteiger partial charge in [-0.05, 0) is 18.6 Å². The number of hydrogen-bond acceptors (Lipinski definition) is 8. The van der Waals surface area contributed by atoms with Crippen LogP contribution in [-0.2, 0) is 9.47 Å². The molecule has 2 aliphatic rings. The van der Waals surface area contributed by atoms with Gasteiger partial charge < -0.3 is 29.8 Å². The zero-order valence-corrected chi connectivity index (χ0v) is 18.6. The highest BCUT2D eigenvalue weighted by Crippen LogP contribution is 2.34. The molecule has 3 N–H and O–H groups in total. The van der Waals surface area contributed by atoms with E-state index in [1.807, 2.05) is 18.2 Å². The van der Waals surface area contributed by atoms with E-state index in [0.29, 0.717) is 29.3 Å². The second-order valence-corrected chi connectivity index (χ2v) is 8.60. The minimum Gasteiger partial charge on any atom is -0.388 e. The molecule has 0 radical (unpaired) electrons. The fourth-order valence-electron chi connectivity index (χ4n) is 4.67. The first-order valence-electron chi connectivity index (χ1n) is 11.3. The summed E-state index contributed by atoms with van der Waals surface area (Å²) in [5.41, 5.74) is 3.24. The quantitative estimate of drug-likeness (QED) is 0.403. The number of pyridine rings is 1. The minimum atomic E-state index is -0.736. The Balaban J connectivity index is 1.46. The van der Waals surface area contributed by atoms with Gasteiger partial charge in [-0.2, -0.15) is 9.61 Å². The van der Waals surface area contributed by atoms with Gasteiger partial charge in [0.25, 0.3) is 5.91 Å². The molecule has 6 heterocycles. The molecule has 4 aromatic rings. The first-order valence-corrected chi connectivity index (χ1v) is 11.3. The number of aromatic nitrogens is 5. The Morgan fingerprint density at radius 1 is 1.24 bits per heavy atom. The Morgan fingerprint density at radius 3 is 2.91 bits per heavy atom. The van der Waals surface area contributed by atoms with Crippen LogP contribution in [0.25, 0.3) is 27.9 Å². The molecule has 176 valence electrons. The van der Waals surface area contributed by atoms with Crippen LogP contribution in [0.5, 0.6) is 0 Å². The molecule has 0 bridgehead atoms. The van der Waals surface area contributed by atoms with Gasteiger partial charge in [-0.25, -0.2) is 9.97 Å². The monoisotopic (exact) mass is 463 g/mol. The standard InChI is InChI=1S/C23H25N7O4/c1-24-20-7-17(16-9-29(13-4-6-33-10-13)21-14(16)3-2-5-25-21)27-22-15(8-26-30(20)22)23(32)28-18-11-34-12-19(18)31/h2-3,5,7-9,13,18-19,24,31H,4,6,10-12H2,1H3,(H,28,32)/t13-,18?,19+/m1/s1. The summed E-state index contributed by atoms with van der Waals surface area (Å²) in [5, 5.41) is 21.3. The number of amides is 1. The molecule has 1 amide bonds. The lowest BCUT2D eigenvalue weighted by Crippen LogP contribution is -2.42. The number of anilines is 1. The predicted octanol–water partition coefficient (Wildman–Crippen LogP) is 1.24. The van der Waals surface area contributed by atoms with Crippen LogP contribution < -0.4 is 10.6 Å². The molecule has 2 aliphatic heterocycles. The van der Waals surface area contributed by atoms with Gasteiger partial charge in [0.05, 0.1) is 49.9 Å². The third-order valence-corrected chi connectivity index (χ3v) is 6.50. The van der Waals surface area contributed by atoms with Crippen molar-refractivity contribution in [3.05, 3.63) is 42.4 Å². The second kappa shape index (κ2) is 8.35. The van der Waals surface area contributed by atoms with Crippen molar-refractivity contribution in [2.45, 2.75) is 24.6 Å². The number of rotatable bonds is 5. The second-order valence-electron chi connectivity index (χ2n) is 8.60. The Bertz CT molecular complexity index is 1370. The molecule has 0 aliphatic carbocycles. The molecular weight excluding hydrogens is 438 g/mol. The van der Waals surface area contributed by atoms with E-state index in [2.05, 4.69) is 31.5 Å². The van der Waals surface area contributed by atoms with Gasteiger partial charge in [0.2, 0.25) is 0 Å². The molecule has 0 spiro atoms. The lowest BCUT2D eigenvalue weighted by Gasteiger charge is -2.14. The number of ether oxygens (including phenoxy) is 2. The SMILES string of the molecule is CNc1cc(-c2cn([C@@H]3CCOC3)c3ncccc23)nc2c(C(=O)NC3COC[C@@H]3O)cnn12. The Hall–Kier alpha value is -3.54. The molecule has 0 aromatic carbocycles. The maximum Gasteiger partial charge on any atom is 0.257 e. The summed E-state index contributed by atoms with van der Waals surface area (Å²) in [5.74, 6) is 0.334. The number of carbonyl (C=O) groups excluding carboxylic acids is 1. The average Bonchev–Trinajstić information content (AvgIpc) is 3.64. The van der Waals surface area contributed by atoms with Crippen LogP contribution in [0.1, 0.15) is 22.8 Å². The van der Waals surface area contributed by atoms with Crippen molar-refractivity contribution in [3.63, 3.8) is 0 Å². The summed E-state index contributed by atoms with van der Waals surface area (Å²) >= 11 is 0. The molecular formula is C23H25N7O4. The van der Waals surface area contributed by atoms with E-state index in [0.717, 1.165) is 29.6 Å². The van der Waals surface area contributed by atoms with Crippen molar-refractivity contribution in [1.82, 2.24) is 29.5 Å². The summed E-state index contributed by atoms with van der Waals surface area (Å²) in [4.78, 5) is 22.5. The van der Waals surface area contributed by atoms with Gasteiger partial charge in [-0.15, -0.1) is 0 Å². The summed E-state index contributed by atoms with van der Waals surface area (Å²) in [6.07, 6.45) is 5.54. The van der Waals surface area contributed by atoms with Gasteiger partial charge in [-0.1, -0.05) is 0 Å². The molecule has 11 nitrogen and oxygen atoms in total. The van der Waals surface area contributed by atoms with Gasteiger partial charge >= 0.3 is 0 Å². The van der Waals surface area contributed by atoms with Crippen LogP contribution in [0, 0.1) is 0 Å². The summed E-state index contributed by atoms with van der Waals surface area (Å²) in [7, 11) is 1.80. The summed E-state index contributed by atoms with van der Waals surface area (Å²) < 4.78 is 14.6. The van der Waals surface area contributed by atoms with Crippen molar-refractivity contribution in [2.24, 2.45) is 0 Å². The maximum atomic E-state index is 13.0.